The van der Waals surface area contributed by atoms with Gasteiger partial charge in [0.05, 0.1) is 29.8 Å². The van der Waals surface area contributed by atoms with Crippen molar-refractivity contribution in [3.8, 4) is 11.5 Å². The molecule has 1 amide bonds. The molecular weight excluding hydrogens is 410 g/mol. The Morgan fingerprint density at radius 1 is 1.03 bits per heavy atom. The van der Waals surface area contributed by atoms with Crippen molar-refractivity contribution in [3.05, 3.63) is 47.5 Å². The van der Waals surface area contributed by atoms with Gasteiger partial charge in [-0.05, 0) is 19.4 Å². The lowest BCUT2D eigenvalue weighted by molar-refractivity contribution is 0.0495. The Bertz CT molecular complexity index is 1370. The average Bonchev–Trinajstić information content (AvgIpc) is 2.78. The number of amides is 1. The van der Waals surface area contributed by atoms with E-state index in [0.717, 1.165) is 12.8 Å². The summed E-state index contributed by atoms with van der Waals surface area (Å²) in [5, 5.41) is 11.8. The van der Waals surface area contributed by atoms with Crippen LogP contribution in [0.2, 0.25) is 0 Å². The van der Waals surface area contributed by atoms with E-state index in [1.807, 2.05) is 13.8 Å². The number of nitrogens with zero attached hydrogens (tertiary/aromatic N) is 2. The van der Waals surface area contributed by atoms with Crippen molar-refractivity contribution < 1.29 is 24.2 Å². The van der Waals surface area contributed by atoms with Crippen molar-refractivity contribution in [1.82, 2.24) is 9.97 Å². The minimum atomic E-state index is -0.822. The smallest absolute Gasteiger partial charge is 0.342 e. The van der Waals surface area contributed by atoms with Crippen molar-refractivity contribution >= 4 is 44.7 Å². The maximum atomic E-state index is 12.7. The number of esters is 1. The van der Waals surface area contributed by atoms with E-state index in [1.54, 1.807) is 30.3 Å². The van der Waals surface area contributed by atoms with Crippen LogP contribution in [0.15, 0.2) is 36.4 Å². The number of aromatic nitrogens is 2. The molecule has 0 aliphatic heterocycles. The van der Waals surface area contributed by atoms with Crippen molar-refractivity contribution in [3.63, 3.8) is 0 Å². The number of phenols is 1. The fourth-order valence-corrected chi connectivity index (χ4v) is 3.64. The molecule has 3 N–H and O–H groups in total. The Morgan fingerprint density at radius 2 is 1.72 bits per heavy atom. The largest absolute Gasteiger partial charge is 0.506 e. The summed E-state index contributed by atoms with van der Waals surface area (Å²) < 4.78 is 11.0. The number of ether oxygens (including phenoxy) is 2. The highest BCUT2D eigenvalue weighted by atomic mass is 16.5. The van der Waals surface area contributed by atoms with Gasteiger partial charge in [0, 0.05) is 16.8 Å². The van der Waals surface area contributed by atoms with Crippen molar-refractivity contribution in [2.75, 3.05) is 13.2 Å². The summed E-state index contributed by atoms with van der Waals surface area (Å²) in [6.07, 6.45) is 1.65. The first-order valence-electron chi connectivity index (χ1n) is 10.4. The fourth-order valence-electron chi connectivity index (χ4n) is 3.64. The number of primary amides is 1. The predicted octanol–water partition coefficient (Wildman–Crippen LogP) is 4.10. The zero-order chi connectivity index (χ0) is 22.8. The topological polar surface area (TPSA) is 125 Å². The first-order valence-corrected chi connectivity index (χ1v) is 10.4. The van der Waals surface area contributed by atoms with E-state index in [-0.39, 0.29) is 22.4 Å². The molecule has 0 bridgehead atoms. The van der Waals surface area contributed by atoms with Gasteiger partial charge in [-0.2, -0.15) is 0 Å². The first-order chi connectivity index (χ1) is 15.5. The van der Waals surface area contributed by atoms with Crippen LogP contribution >= 0.6 is 0 Å². The molecule has 0 saturated carbocycles. The molecule has 32 heavy (non-hydrogen) atoms. The van der Waals surface area contributed by atoms with E-state index in [4.69, 9.17) is 20.2 Å². The summed E-state index contributed by atoms with van der Waals surface area (Å²) in [5.41, 5.74) is 7.06. The maximum Gasteiger partial charge on any atom is 0.342 e. The van der Waals surface area contributed by atoms with Gasteiger partial charge in [-0.3, -0.25) is 4.79 Å². The van der Waals surface area contributed by atoms with Crippen LogP contribution in [-0.2, 0) is 4.74 Å². The number of hydrogen-bond donors (Lipinski definition) is 2. The molecule has 0 aliphatic carbocycles. The quantitative estimate of drug-likeness (QED) is 0.195. The number of carbonyl (C=O) groups excluding carboxylic acids is 2. The van der Waals surface area contributed by atoms with E-state index in [1.165, 1.54) is 6.07 Å². The molecule has 1 aromatic heterocycles. The number of nitrogens with two attached hydrogens (primary N) is 1. The van der Waals surface area contributed by atoms with Crippen molar-refractivity contribution in [1.29, 1.82) is 0 Å². The molecule has 4 rings (SSSR count). The predicted molar refractivity (Wildman–Crippen MR) is 121 cm³/mol. The molecule has 8 nitrogen and oxygen atoms in total. The Morgan fingerprint density at radius 3 is 2.41 bits per heavy atom. The molecular formula is C24H23N3O5. The minimum absolute atomic E-state index is 0.117. The number of hydrogen-bond acceptors (Lipinski definition) is 7. The maximum absolute atomic E-state index is 12.7. The van der Waals surface area contributed by atoms with Gasteiger partial charge in [0.2, 0.25) is 0 Å². The molecule has 1 heterocycles. The highest BCUT2D eigenvalue weighted by Gasteiger charge is 2.22. The van der Waals surface area contributed by atoms with Crippen LogP contribution in [0, 0.1) is 0 Å². The second kappa shape index (κ2) is 8.66. The lowest BCUT2D eigenvalue weighted by Crippen LogP contribution is -2.13. The summed E-state index contributed by atoms with van der Waals surface area (Å²) in [6.45, 7) is 4.47. The number of fused-ring (bicyclic) bond motifs is 4. The molecule has 0 radical (unpaired) electrons. The molecule has 4 aromatic rings. The Labute approximate surface area is 184 Å². The third-order valence-corrected chi connectivity index (χ3v) is 5.17. The van der Waals surface area contributed by atoms with Crippen LogP contribution in [-0.4, -0.2) is 40.2 Å². The third-order valence-electron chi connectivity index (χ3n) is 5.17. The van der Waals surface area contributed by atoms with Crippen LogP contribution in [0.4, 0.5) is 0 Å². The number of carbonyl (C=O) groups is 2. The van der Waals surface area contributed by atoms with Gasteiger partial charge in [0.15, 0.2) is 0 Å². The number of aromatic hydroxyl groups is 1. The van der Waals surface area contributed by atoms with Gasteiger partial charge in [-0.1, -0.05) is 37.6 Å². The zero-order valence-electron chi connectivity index (χ0n) is 17.8. The normalized spacial score (nSPS) is 11.2. The van der Waals surface area contributed by atoms with Gasteiger partial charge in [-0.15, -0.1) is 0 Å². The van der Waals surface area contributed by atoms with E-state index in [9.17, 15) is 14.7 Å². The number of unbranched alkanes of at least 4 members (excludes halogenated alkanes) is 1. The molecule has 3 aromatic carbocycles. The van der Waals surface area contributed by atoms with E-state index >= 15 is 0 Å². The summed E-state index contributed by atoms with van der Waals surface area (Å²) in [4.78, 5) is 34.1. The lowest BCUT2D eigenvalue weighted by Gasteiger charge is -2.14. The van der Waals surface area contributed by atoms with Gasteiger partial charge in [0.25, 0.3) is 5.91 Å². The molecule has 8 heteroatoms. The van der Waals surface area contributed by atoms with E-state index < -0.39 is 11.9 Å². The van der Waals surface area contributed by atoms with Crippen molar-refractivity contribution in [2.45, 2.75) is 26.7 Å². The minimum Gasteiger partial charge on any atom is -0.506 e. The molecule has 0 aliphatic rings. The molecule has 0 saturated heterocycles. The van der Waals surface area contributed by atoms with Crippen LogP contribution in [0.25, 0.3) is 32.8 Å². The summed E-state index contributed by atoms with van der Waals surface area (Å²) in [6, 6.07) is 10.2. The lowest BCUT2D eigenvalue weighted by atomic mass is 10.0. The summed E-state index contributed by atoms with van der Waals surface area (Å²) >= 11 is 0. The van der Waals surface area contributed by atoms with E-state index in [0.29, 0.717) is 46.3 Å². The average molecular weight is 433 g/mol. The standard InChI is InChI=1S/C24H23N3O5/c1-3-5-10-32-24(30)15-11-16-17(12-18(15)31-4-2)26-20-13-8-6-7-9-14(13)22(28)19(23(25)29)21(20)27-16/h6-9,11-12,28H,3-5,10H2,1-2H3,(H2,25,29). The highest BCUT2D eigenvalue weighted by Crippen LogP contribution is 2.37. The second-order valence-electron chi connectivity index (χ2n) is 7.31. The third kappa shape index (κ3) is 3.64. The molecule has 0 unspecified atom stereocenters. The second-order valence-corrected chi connectivity index (χ2v) is 7.31. The molecule has 164 valence electrons. The fraction of sp³-hybridized carbons (Fsp3) is 0.250. The Hall–Kier alpha value is -3.94. The SMILES string of the molecule is CCCCOC(=O)c1cc2nc3c(C(N)=O)c(O)c4ccccc4c3nc2cc1OCC. The van der Waals surface area contributed by atoms with E-state index in [2.05, 4.69) is 4.98 Å². The molecule has 0 spiro atoms. The number of benzene rings is 3. The van der Waals surface area contributed by atoms with Crippen LogP contribution in [0.1, 0.15) is 47.4 Å². The first kappa shape index (κ1) is 21.3. The zero-order valence-corrected chi connectivity index (χ0v) is 17.8. The van der Waals surface area contributed by atoms with Gasteiger partial charge in [0.1, 0.15) is 28.1 Å². The Balaban J connectivity index is 2.01. The highest BCUT2D eigenvalue weighted by molar-refractivity contribution is 6.19. The van der Waals surface area contributed by atoms with Gasteiger partial charge in [-0.25, -0.2) is 14.8 Å². The van der Waals surface area contributed by atoms with Gasteiger partial charge < -0.3 is 20.3 Å². The Kier molecular flexibility index (Phi) is 5.77. The van der Waals surface area contributed by atoms with Gasteiger partial charge >= 0.3 is 5.97 Å². The van der Waals surface area contributed by atoms with Crippen LogP contribution in [0.5, 0.6) is 11.5 Å². The van der Waals surface area contributed by atoms with Crippen LogP contribution < -0.4 is 10.5 Å². The van der Waals surface area contributed by atoms with Crippen molar-refractivity contribution in [2.24, 2.45) is 5.73 Å². The summed E-state index contributed by atoms with van der Waals surface area (Å²) in [5.74, 6) is -1.26. The monoisotopic (exact) mass is 433 g/mol. The molecule has 0 fully saturated rings. The molecule has 0 atom stereocenters. The van der Waals surface area contributed by atoms with Crippen LogP contribution in [0.3, 0.4) is 0 Å². The summed E-state index contributed by atoms with van der Waals surface area (Å²) in [7, 11) is 0. The number of rotatable bonds is 7.